The Morgan fingerprint density at radius 2 is 0.814 bits per heavy atom. The zero-order valence-electron chi connectivity index (χ0n) is 36.9. The van der Waals surface area contributed by atoms with E-state index in [2.05, 4.69) is 31.9 Å². The van der Waals surface area contributed by atoms with Crippen LogP contribution < -0.4 is 31.9 Å². The zero-order valence-corrected chi connectivity index (χ0v) is 36.9. The number of carbonyl (C=O) groups is 7. The van der Waals surface area contributed by atoms with Crippen LogP contribution in [0, 0.1) is 29.6 Å². The van der Waals surface area contributed by atoms with Gasteiger partial charge in [0, 0.05) is 13.0 Å². The van der Waals surface area contributed by atoms with Crippen molar-refractivity contribution in [1.29, 1.82) is 0 Å². The van der Waals surface area contributed by atoms with Gasteiger partial charge in [0.05, 0.1) is 0 Å². The van der Waals surface area contributed by atoms with E-state index in [0.29, 0.717) is 18.4 Å². The van der Waals surface area contributed by atoms with Crippen molar-refractivity contribution >= 4 is 41.4 Å². The maximum absolute atomic E-state index is 14.4. The Hall–Kier alpha value is -4.69. The lowest BCUT2D eigenvalue weighted by Gasteiger charge is -2.32. The fourth-order valence-electron chi connectivity index (χ4n) is 7.71. The van der Waals surface area contributed by atoms with Crippen molar-refractivity contribution in [3.8, 4) is 5.75 Å². The molecular formula is C44H71N7O8. The van der Waals surface area contributed by atoms with Crippen LogP contribution in [0.2, 0.25) is 0 Å². The summed E-state index contributed by atoms with van der Waals surface area (Å²) in [5, 5.41) is 27.1. The fourth-order valence-corrected chi connectivity index (χ4v) is 7.71. The zero-order chi connectivity index (χ0) is 44.1. The highest BCUT2D eigenvalue weighted by atomic mass is 16.3. The van der Waals surface area contributed by atoms with Gasteiger partial charge in [0.1, 0.15) is 48.0 Å². The smallest absolute Gasteiger partial charge is 0.245 e. The molecule has 59 heavy (non-hydrogen) atoms. The van der Waals surface area contributed by atoms with Gasteiger partial charge in [-0.1, -0.05) is 81.4 Å². The number of amides is 7. The van der Waals surface area contributed by atoms with Crippen LogP contribution in [0.3, 0.4) is 0 Å². The molecule has 2 aliphatic rings. The van der Waals surface area contributed by atoms with E-state index < -0.39 is 83.6 Å². The molecule has 7 N–H and O–H groups in total. The van der Waals surface area contributed by atoms with E-state index >= 15 is 0 Å². The van der Waals surface area contributed by atoms with Crippen molar-refractivity contribution < 1.29 is 38.7 Å². The normalized spacial score (nSPS) is 26.0. The molecule has 0 bridgehead atoms. The Balaban J connectivity index is 2.17. The first-order valence-electron chi connectivity index (χ1n) is 21.6. The molecule has 0 spiro atoms. The van der Waals surface area contributed by atoms with E-state index in [-0.39, 0.29) is 80.4 Å². The Bertz CT molecular complexity index is 1610. The summed E-state index contributed by atoms with van der Waals surface area (Å²) in [6, 6.07) is -1.18. The van der Waals surface area contributed by atoms with Gasteiger partial charge in [-0.25, -0.2) is 0 Å². The van der Waals surface area contributed by atoms with Gasteiger partial charge < -0.3 is 41.9 Å². The molecule has 0 unspecified atom stereocenters. The molecule has 7 amide bonds. The molecule has 2 heterocycles. The van der Waals surface area contributed by atoms with Gasteiger partial charge in [-0.05, 0) is 92.2 Å². The second-order valence-electron chi connectivity index (χ2n) is 18.6. The van der Waals surface area contributed by atoms with Crippen LogP contribution in [-0.2, 0) is 40.0 Å². The average molecular weight is 826 g/mol. The Morgan fingerprint density at radius 3 is 1.19 bits per heavy atom. The quantitative estimate of drug-likeness (QED) is 0.166. The molecule has 2 aliphatic heterocycles. The van der Waals surface area contributed by atoms with Gasteiger partial charge in [-0.3, -0.25) is 33.6 Å². The second-order valence-corrected chi connectivity index (χ2v) is 18.6. The summed E-state index contributed by atoms with van der Waals surface area (Å²) in [7, 11) is 0. The van der Waals surface area contributed by atoms with E-state index in [1.165, 1.54) is 17.0 Å². The number of fused-ring (bicyclic) bond motifs is 1. The number of nitrogens with zero attached hydrogens (tertiary/aromatic N) is 1. The molecule has 0 aromatic heterocycles. The van der Waals surface area contributed by atoms with Crippen LogP contribution in [0.25, 0.3) is 0 Å². The molecule has 0 radical (unpaired) electrons. The maximum atomic E-state index is 14.4. The molecule has 15 nitrogen and oxygen atoms in total. The van der Waals surface area contributed by atoms with Crippen LogP contribution in [0.4, 0.5) is 0 Å². The summed E-state index contributed by atoms with van der Waals surface area (Å²) in [6.07, 6.45) is 2.07. The van der Waals surface area contributed by atoms with Gasteiger partial charge in [-0.15, -0.1) is 0 Å². The Morgan fingerprint density at radius 1 is 0.492 bits per heavy atom. The van der Waals surface area contributed by atoms with Crippen LogP contribution in [-0.4, -0.2) is 100 Å². The maximum Gasteiger partial charge on any atom is 0.245 e. The van der Waals surface area contributed by atoms with Gasteiger partial charge in [-0.2, -0.15) is 0 Å². The first-order valence-corrected chi connectivity index (χ1v) is 21.6. The Kier molecular flexibility index (Phi) is 18.7. The van der Waals surface area contributed by atoms with Gasteiger partial charge in [0.15, 0.2) is 0 Å². The first kappa shape index (κ1) is 48.7. The molecule has 1 aromatic carbocycles. The molecule has 0 aliphatic carbocycles. The highest BCUT2D eigenvalue weighted by molar-refractivity contribution is 5.98. The SMILES string of the molecule is CC(C)C[C@@H]1NC(=O)[C@@H](CC(C)C)NC(=O)[C@H](CC(C)C)NC(=O)[C@@H](CC(C)C)NC(=O)[C@H](Cc2ccc(O)cc2)NC(=O)[C@@H]2CCCN2C(=O)[C@H](CC(C)C)NC1=O. The molecule has 0 saturated carbocycles. The van der Waals surface area contributed by atoms with Crippen molar-refractivity contribution in [1.82, 2.24) is 36.8 Å². The number of phenols is 1. The third-order valence-electron chi connectivity index (χ3n) is 10.5. The molecule has 2 saturated heterocycles. The molecule has 2 fully saturated rings. The van der Waals surface area contributed by atoms with Gasteiger partial charge >= 0.3 is 0 Å². The molecular weight excluding hydrogens is 755 g/mol. The summed E-state index contributed by atoms with van der Waals surface area (Å²) >= 11 is 0. The minimum absolute atomic E-state index is 0.00839. The molecule has 7 atom stereocenters. The topological polar surface area (TPSA) is 215 Å². The number of aromatic hydroxyl groups is 1. The number of hydrogen-bond acceptors (Lipinski definition) is 8. The highest BCUT2D eigenvalue weighted by Crippen LogP contribution is 2.22. The van der Waals surface area contributed by atoms with E-state index in [1.807, 2.05) is 69.2 Å². The van der Waals surface area contributed by atoms with Crippen molar-refractivity contribution in [3.05, 3.63) is 29.8 Å². The number of carbonyl (C=O) groups excluding carboxylic acids is 7. The predicted octanol–water partition coefficient (Wildman–Crippen LogP) is 3.08. The van der Waals surface area contributed by atoms with Crippen LogP contribution in [0.5, 0.6) is 5.75 Å². The van der Waals surface area contributed by atoms with Crippen molar-refractivity contribution in [2.45, 2.75) is 163 Å². The second kappa shape index (κ2) is 22.6. The molecule has 3 rings (SSSR count). The number of benzene rings is 1. The first-order chi connectivity index (χ1) is 27.6. The van der Waals surface area contributed by atoms with E-state index in [4.69, 9.17) is 0 Å². The van der Waals surface area contributed by atoms with Gasteiger partial charge in [0.25, 0.3) is 0 Å². The lowest BCUT2D eigenvalue weighted by Crippen LogP contribution is -2.60. The standard InChI is InChI=1S/C44H71N7O8/c1-24(2)18-31-38(53)45-32(19-25(3)4)39(54)47-34(21-27(7)8)41(56)50-36(22-28(9)10)44(59)51-17-11-12-37(51)43(58)49-35(23-29-13-15-30(52)16-14-29)42(57)48-33(20-26(5)6)40(55)46-31/h13-16,24-28,31-37,52H,11-12,17-23H2,1-10H3,(H,45,53)(H,46,55)(H,47,54)(H,48,57)(H,49,58)(H,50,56)/t31-,32+,33+,34-,35-,36-,37-/m0/s1. The predicted molar refractivity (Wildman–Crippen MR) is 225 cm³/mol. The average Bonchev–Trinajstić information content (AvgIpc) is 3.62. The number of nitrogens with one attached hydrogen (secondary N) is 6. The summed E-state index contributed by atoms with van der Waals surface area (Å²) in [5.41, 5.74) is 0.626. The largest absolute Gasteiger partial charge is 0.508 e. The number of rotatable bonds is 12. The minimum atomic E-state index is -1.19. The third kappa shape index (κ3) is 15.5. The monoisotopic (exact) mass is 826 g/mol. The summed E-state index contributed by atoms with van der Waals surface area (Å²) in [6.45, 7) is 19.3. The van der Waals surface area contributed by atoms with E-state index in [1.54, 1.807) is 12.1 Å². The van der Waals surface area contributed by atoms with Crippen molar-refractivity contribution in [3.63, 3.8) is 0 Å². The molecule has 15 heteroatoms. The highest BCUT2D eigenvalue weighted by Gasteiger charge is 2.41. The van der Waals surface area contributed by atoms with Crippen molar-refractivity contribution in [2.24, 2.45) is 29.6 Å². The molecule has 1 aromatic rings. The summed E-state index contributed by atoms with van der Waals surface area (Å²) in [5.74, 6) is -4.13. The lowest BCUT2D eigenvalue weighted by atomic mass is 9.97. The van der Waals surface area contributed by atoms with E-state index in [9.17, 15) is 38.7 Å². The third-order valence-corrected chi connectivity index (χ3v) is 10.5. The van der Waals surface area contributed by atoms with Crippen LogP contribution in [0.15, 0.2) is 24.3 Å². The lowest BCUT2D eigenvalue weighted by molar-refractivity contribution is -0.143. The van der Waals surface area contributed by atoms with Crippen LogP contribution >= 0.6 is 0 Å². The fraction of sp³-hybridized carbons (Fsp3) is 0.705. The number of phenolic OH excluding ortho intramolecular Hbond substituents is 1. The Labute approximate surface area is 350 Å². The van der Waals surface area contributed by atoms with E-state index in [0.717, 1.165) is 0 Å². The molecule has 330 valence electrons. The van der Waals surface area contributed by atoms with Crippen molar-refractivity contribution in [2.75, 3.05) is 6.54 Å². The van der Waals surface area contributed by atoms with Gasteiger partial charge in [0.2, 0.25) is 41.4 Å². The summed E-state index contributed by atoms with van der Waals surface area (Å²) < 4.78 is 0. The number of hydrogen-bond donors (Lipinski definition) is 7. The summed E-state index contributed by atoms with van der Waals surface area (Å²) in [4.78, 5) is 101. The van der Waals surface area contributed by atoms with Crippen LogP contribution in [0.1, 0.15) is 120 Å². The minimum Gasteiger partial charge on any atom is -0.508 e.